The van der Waals surface area contributed by atoms with E-state index in [1.54, 1.807) is 6.07 Å². The molecule has 20 heavy (non-hydrogen) atoms. The van der Waals surface area contributed by atoms with Crippen molar-refractivity contribution >= 4 is 16.7 Å². The van der Waals surface area contributed by atoms with E-state index in [4.69, 9.17) is 0 Å². The molecule has 98 valence electrons. The Balaban J connectivity index is 2.25. The van der Waals surface area contributed by atoms with Crippen LogP contribution in [0.25, 0.3) is 21.9 Å². The molecular weight excluding hydrogens is 255 g/mol. The SMILES string of the molecule is O=C(O)c1c(F)cccc1-c1ccc2ccccc2c1. The maximum atomic E-state index is 13.7. The van der Waals surface area contributed by atoms with Crippen molar-refractivity contribution in [3.63, 3.8) is 0 Å². The minimum atomic E-state index is -1.26. The summed E-state index contributed by atoms with van der Waals surface area (Å²) in [7, 11) is 0. The molecule has 1 N–H and O–H groups in total. The quantitative estimate of drug-likeness (QED) is 0.749. The summed E-state index contributed by atoms with van der Waals surface area (Å²) in [6.07, 6.45) is 0. The average Bonchev–Trinajstić information content (AvgIpc) is 2.46. The topological polar surface area (TPSA) is 37.3 Å². The Hall–Kier alpha value is -2.68. The summed E-state index contributed by atoms with van der Waals surface area (Å²) in [4.78, 5) is 11.2. The molecule has 0 aromatic heterocycles. The molecule has 0 aliphatic heterocycles. The van der Waals surface area contributed by atoms with Crippen molar-refractivity contribution < 1.29 is 14.3 Å². The summed E-state index contributed by atoms with van der Waals surface area (Å²) in [6.45, 7) is 0. The van der Waals surface area contributed by atoms with Crippen LogP contribution in [-0.4, -0.2) is 11.1 Å². The third-order valence-corrected chi connectivity index (χ3v) is 3.29. The second kappa shape index (κ2) is 4.78. The van der Waals surface area contributed by atoms with Gasteiger partial charge in [-0.2, -0.15) is 0 Å². The Morgan fingerprint density at radius 3 is 2.40 bits per heavy atom. The molecule has 0 spiro atoms. The van der Waals surface area contributed by atoms with E-state index in [-0.39, 0.29) is 5.56 Å². The second-order valence-corrected chi connectivity index (χ2v) is 4.53. The third-order valence-electron chi connectivity index (χ3n) is 3.29. The third kappa shape index (κ3) is 2.03. The van der Waals surface area contributed by atoms with Crippen molar-refractivity contribution in [2.45, 2.75) is 0 Å². The maximum Gasteiger partial charge on any atom is 0.339 e. The average molecular weight is 266 g/mol. The van der Waals surface area contributed by atoms with Gasteiger partial charge < -0.3 is 5.11 Å². The first-order valence-corrected chi connectivity index (χ1v) is 6.18. The standard InChI is InChI=1S/C17H11FO2/c18-15-7-3-6-14(16(15)17(19)20)13-9-8-11-4-1-2-5-12(11)10-13/h1-10H,(H,19,20). The van der Waals surface area contributed by atoms with Gasteiger partial charge >= 0.3 is 5.97 Å². The first-order valence-electron chi connectivity index (χ1n) is 6.18. The summed E-state index contributed by atoms with van der Waals surface area (Å²) in [5.74, 6) is -1.98. The zero-order valence-corrected chi connectivity index (χ0v) is 10.5. The van der Waals surface area contributed by atoms with Gasteiger partial charge in [-0.15, -0.1) is 0 Å². The molecule has 0 amide bonds. The van der Waals surface area contributed by atoms with Gasteiger partial charge in [-0.3, -0.25) is 0 Å². The fourth-order valence-corrected chi connectivity index (χ4v) is 2.34. The molecule has 0 bridgehead atoms. The summed E-state index contributed by atoms with van der Waals surface area (Å²) in [6, 6.07) is 17.7. The molecule has 2 nitrogen and oxygen atoms in total. The van der Waals surface area contributed by atoms with Crippen LogP contribution in [0.2, 0.25) is 0 Å². The fraction of sp³-hybridized carbons (Fsp3) is 0. The van der Waals surface area contributed by atoms with Crippen LogP contribution >= 0.6 is 0 Å². The van der Waals surface area contributed by atoms with Gasteiger partial charge in [0.15, 0.2) is 0 Å². The smallest absolute Gasteiger partial charge is 0.339 e. The largest absolute Gasteiger partial charge is 0.478 e. The first-order chi connectivity index (χ1) is 9.66. The van der Waals surface area contributed by atoms with Crippen LogP contribution in [0, 0.1) is 5.82 Å². The molecule has 3 aromatic rings. The summed E-state index contributed by atoms with van der Waals surface area (Å²) in [5.41, 5.74) is 0.798. The van der Waals surface area contributed by atoms with Gasteiger partial charge in [0.2, 0.25) is 0 Å². The van der Waals surface area contributed by atoms with Gasteiger partial charge in [-0.05, 0) is 34.0 Å². The zero-order chi connectivity index (χ0) is 14.1. The Bertz CT molecular complexity index is 809. The van der Waals surface area contributed by atoms with Crippen LogP contribution < -0.4 is 0 Å². The van der Waals surface area contributed by atoms with Crippen LogP contribution in [0.15, 0.2) is 60.7 Å². The van der Waals surface area contributed by atoms with Crippen molar-refractivity contribution in [2.24, 2.45) is 0 Å². The van der Waals surface area contributed by atoms with Gasteiger partial charge in [-0.25, -0.2) is 9.18 Å². The molecule has 0 fully saturated rings. The molecule has 0 heterocycles. The number of hydrogen-bond donors (Lipinski definition) is 1. The molecule has 0 saturated carbocycles. The van der Waals surface area contributed by atoms with E-state index in [9.17, 15) is 14.3 Å². The van der Waals surface area contributed by atoms with Gasteiger partial charge in [0.1, 0.15) is 11.4 Å². The van der Waals surface area contributed by atoms with Crippen molar-refractivity contribution in [3.05, 3.63) is 72.0 Å². The van der Waals surface area contributed by atoms with Gasteiger partial charge in [-0.1, -0.05) is 48.5 Å². The number of carbonyl (C=O) groups is 1. The molecule has 0 unspecified atom stereocenters. The van der Waals surface area contributed by atoms with Crippen molar-refractivity contribution in [1.82, 2.24) is 0 Å². The van der Waals surface area contributed by atoms with E-state index >= 15 is 0 Å². The number of benzene rings is 3. The van der Waals surface area contributed by atoms with Crippen LogP contribution in [0.3, 0.4) is 0 Å². The molecule has 0 atom stereocenters. The minimum absolute atomic E-state index is 0.289. The van der Waals surface area contributed by atoms with Gasteiger partial charge in [0.05, 0.1) is 0 Å². The van der Waals surface area contributed by atoms with E-state index in [1.165, 1.54) is 6.07 Å². The highest BCUT2D eigenvalue weighted by Gasteiger charge is 2.16. The Morgan fingerprint density at radius 2 is 1.65 bits per heavy atom. The normalized spacial score (nSPS) is 10.7. The molecule has 0 saturated heterocycles. The van der Waals surface area contributed by atoms with Crippen LogP contribution in [-0.2, 0) is 0 Å². The fourth-order valence-electron chi connectivity index (χ4n) is 2.34. The second-order valence-electron chi connectivity index (χ2n) is 4.53. The molecule has 0 aliphatic rings. The molecule has 0 aliphatic carbocycles. The van der Waals surface area contributed by atoms with Crippen LogP contribution in [0.1, 0.15) is 10.4 Å². The Kier molecular flexibility index (Phi) is 2.95. The monoisotopic (exact) mass is 266 g/mol. The summed E-state index contributed by atoms with van der Waals surface area (Å²) < 4.78 is 13.7. The number of aromatic carboxylic acids is 1. The summed E-state index contributed by atoms with van der Waals surface area (Å²) in [5, 5.41) is 11.2. The van der Waals surface area contributed by atoms with Gasteiger partial charge in [0, 0.05) is 0 Å². The Morgan fingerprint density at radius 1 is 0.900 bits per heavy atom. The van der Waals surface area contributed by atoms with Crippen molar-refractivity contribution in [1.29, 1.82) is 0 Å². The van der Waals surface area contributed by atoms with Gasteiger partial charge in [0.25, 0.3) is 0 Å². The van der Waals surface area contributed by atoms with E-state index in [1.807, 2.05) is 42.5 Å². The minimum Gasteiger partial charge on any atom is -0.478 e. The van der Waals surface area contributed by atoms with Crippen LogP contribution in [0.4, 0.5) is 4.39 Å². The number of fused-ring (bicyclic) bond motifs is 1. The predicted octanol–water partition coefficient (Wildman–Crippen LogP) is 4.34. The molecule has 3 heteroatoms. The molecule has 0 radical (unpaired) electrons. The lowest BCUT2D eigenvalue weighted by Gasteiger charge is -2.08. The molecule has 3 rings (SSSR count). The van der Waals surface area contributed by atoms with E-state index in [2.05, 4.69) is 0 Å². The predicted molar refractivity (Wildman–Crippen MR) is 76.3 cm³/mol. The van der Waals surface area contributed by atoms with E-state index in [0.717, 1.165) is 16.8 Å². The lowest BCUT2D eigenvalue weighted by atomic mass is 9.97. The highest BCUT2D eigenvalue weighted by molar-refractivity contribution is 5.98. The summed E-state index contributed by atoms with van der Waals surface area (Å²) >= 11 is 0. The molecule has 3 aromatic carbocycles. The van der Waals surface area contributed by atoms with Crippen molar-refractivity contribution in [2.75, 3.05) is 0 Å². The maximum absolute atomic E-state index is 13.7. The first kappa shape index (κ1) is 12.4. The van der Waals surface area contributed by atoms with E-state index in [0.29, 0.717) is 11.1 Å². The number of carboxylic acids is 1. The lowest BCUT2D eigenvalue weighted by Crippen LogP contribution is -2.03. The number of rotatable bonds is 2. The number of halogens is 1. The van der Waals surface area contributed by atoms with E-state index < -0.39 is 11.8 Å². The lowest BCUT2D eigenvalue weighted by molar-refractivity contribution is 0.0693. The Labute approximate surface area is 115 Å². The van der Waals surface area contributed by atoms with Crippen molar-refractivity contribution in [3.8, 4) is 11.1 Å². The zero-order valence-electron chi connectivity index (χ0n) is 10.5. The number of carboxylic acid groups (broad SMARTS) is 1. The highest BCUT2D eigenvalue weighted by atomic mass is 19.1. The number of hydrogen-bond acceptors (Lipinski definition) is 1. The molecular formula is C17H11FO2. The van der Waals surface area contributed by atoms with Crippen LogP contribution in [0.5, 0.6) is 0 Å². The highest BCUT2D eigenvalue weighted by Crippen LogP contribution is 2.28.